The van der Waals surface area contributed by atoms with E-state index in [-0.39, 0.29) is 23.9 Å². The first-order valence-electron chi connectivity index (χ1n) is 5.70. The van der Waals surface area contributed by atoms with Crippen molar-refractivity contribution in [1.29, 1.82) is 10.5 Å². The van der Waals surface area contributed by atoms with E-state index in [0.717, 1.165) is 12.3 Å². The second-order valence-corrected chi connectivity index (χ2v) is 4.23. The summed E-state index contributed by atoms with van der Waals surface area (Å²) >= 11 is 5.73. The van der Waals surface area contributed by atoms with Gasteiger partial charge in [-0.15, -0.1) is 0 Å². The number of pyridine rings is 1. The van der Waals surface area contributed by atoms with Crippen LogP contribution in [0.1, 0.15) is 5.56 Å². The van der Waals surface area contributed by atoms with Crippen LogP contribution in [0.2, 0.25) is 5.02 Å². The molecule has 0 bridgehead atoms. The molecule has 9 heteroatoms. The zero-order chi connectivity index (χ0) is 15.9. The summed E-state index contributed by atoms with van der Waals surface area (Å²) in [7, 11) is 0. The Balaban J connectivity index is 2.55. The molecule has 0 aromatic carbocycles. The molecular formula is C12H10ClF3N5+. The van der Waals surface area contributed by atoms with E-state index in [1.165, 1.54) is 6.21 Å². The van der Waals surface area contributed by atoms with Crippen molar-refractivity contribution in [3.8, 4) is 12.1 Å². The third kappa shape index (κ3) is 5.28. The predicted molar refractivity (Wildman–Crippen MR) is 69.6 cm³/mol. The lowest BCUT2D eigenvalue weighted by Gasteiger charge is -2.06. The minimum Gasteiger partial charge on any atom is -0.291 e. The lowest BCUT2D eigenvalue weighted by atomic mass is 10.2. The van der Waals surface area contributed by atoms with Gasteiger partial charge in [0.05, 0.1) is 24.2 Å². The molecule has 0 aliphatic carbocycles. The van der Waals surface area contributed by atoms with Crippen LogP contribution in [-0.2, 0) is 6.18 Å². The van der Waals surface area contributed by atoms with Crippen LogP contribution in [0.15, 0.2) is 17.3 Å². The van der Waals surface area contributed by atoms with Crippen LogP contribution < -0.4 is 10.3 Å². The van der Waals surface area contributed by atoms with Gasteiger partial charge in [-0.3, -0.25) is 10.3 Å². The summed E-state index contributed by atoms with van der Waals surface area (Å²) < 4.78 is 37.3. The average Bonchev–Trinajstić information content (AvgIpc) is 2.43. The normalized spacial score (nSPS) is 11.4. The van der Waals surface area contributed by atoms with Crippen LogP contribution in [0.3, 0.4) is 0 Å². The smallest absolute Gasteiger partial charge is 0.291 e. The van der Waals surface area contributed by atoms with Gasteiger partial charge in [0, 0.05) is 6.21 Å². The van der Waals surface area contributed by atoms with Gasteiger partial charge in [0.1, 0.15) is 17.8 Å². The number of halogens is 4. The Hall–Kier alpha value is -2.32. The molecule has 5 nitrogen and oxygen atoms in total. The molecule has 1 aromatic rings. The molecule has 0 saturated heterocycles. The van der Waals surface area contributed by atoms with Gasteiger partial charge in [0.25, 0.3) is 5.82 Å². The summed E-state index contributed by atoms with van der Waals surface area (Å²) in [4.78, 5) is 6.26. The van der Waals surface area contributed by atoms with Gasteiger partial charge >= 0.3 is 6.18 Å². The maximum atomic E-state index is 12.4. The summed E-state index contributed by atoms with van der Waals surface area (Å²) in [6, 6.07) is 4.26. The zero-order valence-corrected chi connectivity index (χ0v) is 11.3. The molecule has 1 aromatic heterocycles. The summed E-state index contributed by atoms with van der Waals surface area (Å²) in [5, 5.41) is 19.7. The first-order chi connectivity index (χ1) is 9.88. The summed E-state index contributed by atoms with van der Waals surface area (Å²) in [6.45, 7) is 0.521. The zero-order valence-electron chi connectivity index (χ0n) is 10.6. The Morgan fingerprint density at radius 2 is 2.10 bits per heavy atom. The van der Waals surface area contributed by atoms with Crippen molar-refractivity contribution >= 4 is 23.6 Å². The monoisotopic (exact) mass is 316 g/mol. The van der Waals surface area contributed by atoms with Gasteiger partial charge in [-0.1, -0.05) is 11.6 Å². The van der Waals surface area contributed by atoms with Crippen LogP contribution in [0.25, 0.3) is 0 Å². The van der Waals surface area contributed by atoms with Gasteiger partial charge in [0.15, 0.2) is 5.92 Å². The Bertz CT molecular complexity index is 586. The number of hydrogen-bond donors (Lipinski definition) is 1. The molecule has 1 heterocycles. The first-order valence-corrected chi connectivity index (χ1v) is 6.07. The molecule has 110 valence electrons. The molecule has 0 saturated carbocycles. The van der Waals surface area contributed by atoms with Crippen LogP contribution >= 0.6 is 11.6 Å². The molecule has 0 aliphatic rings. The van der Waals surface area contributed by atoms with E-state index >= 15 is 0 Å². The number of nitrogens with one attached hydrogen (secondary N) is 2. The number of aliphatic imine (C=N–C) groups is 1. The van der Waals surface area contributed by atoms with E-state index in [1.54, 1.807) is 12.1 Å². The minimum absolute atomic E-state index is 0.0965. The predicted octanol–water partition coefficient (Wildman–Crippen LogP) is 2.32. The largest absolute Gasteiger partial charge is 0.419 e. The summed E-state index contributed by atoms with van der Waals surface area (Å²) in [6.07, 6.45) is -2.45. The number of alkyl halides is 3. The fourth-order valence-corrected chi connectivity index (χ4v) is 1.53. The number of nitriles is 2. The van der Waals surface area contributed by atoms with Gasteiger partial charge < -0.3 is 0 Å². The van der Waals surface area contributed by atoms with E-state index in [9.17, 15) is 13.2 Å². The Kier molecular flexibility index (Phi) is 5.94. The highest BCUT2D eigenvalue weighted by Gasteiger charge is 2.32. The first kappa shape index (κ1) is 16.7. The van der Waals surface area contributed by atoms with Crippen molar-refractivity contribution in [1.82, 2.24) is 0 Å². The maximum absolute atomic E-state index is 12.4. The highest BCUT2D eigenvalue weighted by atomic mass is 35.5. The number of aromatic amines is 1. The van der Waals surface area contributed by atoms with Crippen LogP contribution in [0.5, 0.6) is 0 Å². The van der Waals surface area contributed by atoms with Gasteiger partial charge in [-0.05, 0) is 6.07 Å². The molecule has 1 rings (SSSR count). The number of anilines is 1. The molecule has 21 heavy (non-hydrogen) atoms. The number of rotatable bonds is 5. The molecule has 0 aliphatic heterocycles. The SMILES string of the molecule is N#CC(C#N)C=NCCNc1[nH+]cc(C(F)(F)F)cc1Cl. The average molecular weight is 317 g/mol. The molecule has 0 radical (unpaired) electrons. The standard InChI is InChI=1S/C12H9ClF3N5/c13-10-3-9(12(14,15)16)7-21-11(10)20-2-1-19-6-8(4-17)5-18/h3,6-8H,1-2H2,(H,20,21)/p+1. The Morgan fingerprint density at radius 3 is 2.62 bits per heavy atom. The maximum Gasteiger partial charge on any atom is 0.419 e. The second-order valence-electron chi connectivity index (χ2n) is 3.83. The van der Waals surface area contributed by atoms with E-state index < -0.39 is 17.7 Å². The fraction of sp³-hybridized carbons (Fsp3) is 0.333. The highest BCUT2D eigenvalue weighted by molar-refractivity contribution is 6.32. The van der Waals surface area contributed by atoms with Crippen molar-refractivity contribution in [3.63, 3.8) is 0 Å². The molecule has 0 spiro atoms. The van der Waals surface area contributed by atoms with Crippen molar-refractivity contribution in [2.24, 2.45) is 10.9 Å². The van der Waals surface area contributed by atoms with Gasteiger partial charge in [-0.2, -0.15) is 23.7 Å². The summed E-state index contributed by atoms with van der Waals surface area (Å²) in [5.41, 5.74) is -0.873. The van der Waals surface area contributed by atoms with Gasteiger partial charge in [-0.25, -0.2) is 4.98 Å². The van der Waals surface area contributed by atoms with Crippen LogP contribution in [0.4, 0.5) is 19.0 Å². The minimum atomic E-state index is -4.47. The van der Waals surface area contributed by atoms with E-state index in [0.29, 0.717) is 0 Å². The topological polar surface area (TPSA) is 86.1 Å². The third-order valence-electron chi connectivity index (χ3n) is 2.30. The van der Waals surface area contributed by atoms with E-state index in [2.05, 4.69) is 15.3 Å². The number of hydrogen-bond acceptors (Lipinski definition) is 4. The lowest BCUT2D eigenvalue weighted by molar-refractivity contribution is -0.364. The lowest BCUT2D eigenvalue weighted by Crippen LogP contribution is -2.19. The van der Waals surface area contributed by atoms with Crippen molar-refractivity contribution in [3.05, 3.63) is 22.8 Å². The van der Waals surface area contributed by atoms with Crippen molar-refractivity contribution in [2.45, 2.75) is 6.18 Å². The Labute approximate surface area is 123 Å². The van der Waals surface area contributed by atoms with Crippen molar-refractivity contribution in [2.75, 3.05) is 18.4 Å². The van der Waals surface area contributed by atoms with E-state index in [4.69, 9.17) is 22.1 Å². The van der Waals surface area contributed by atoms with Gasteiger partial charge in [0.2, 0.25) is 0 Å². The highest BCUT2D eigenvalue weighted by Crippen LogP contribution is 2.30. The Morgan fingerprint density at radius 1 is 1.43 bits per heavy atom. The van der Waals surface area contributed by atoms with E-state index in [1.807, 2.05) is 0 Å². The molecule has 0 atom stereocenters. The van der Waals surface area contributed by atoms with Crippen molar-refractivity contribution < 1.29 is 18.2 Å². The second kappa shape index (κ2) is 7.46. The summed E-state index contributed by atoms with van der Waals surface area (Å²) in [5.74, 6) is -0.678. The number of nitrogens with zero attached hydrogens (tertiary/aromatic N) is 3. The fourth-order valence-electron chi connectivity index (χ4n) is 1.29. The third-order valence-corrected chi connectivity index (χ3v) is 2.59. The van der Waals surface area contributed by atoms with Crippen LogP contribution in [0, 0.1) is 28.6 Å². The number of aromatic nitrogens is 1. The molecule has 2 N–H and O–H groups in total. The molecule has 0 unspecified atom stereocenters. The molecule has 0 fully saturated rings. The quantitative estimate of drug-likeness (QED) is 0.668. The number of H-pyrrole nitrogens is 1. The molecular weight excluding hydrogens is 307 g/mol. The van der Waals surface area contributed by atoms with Crippen LogP contribution in [-0.4, -0.2) is 19.3 Å². The molecule has 0 amide bonds.